The van der Waals surface area contributed by atoms with Crippen molar-refractivity contribution in [2.45, 2.75) is 26.3 Å². The quantitative estimate of drug-likeness (QED) is 0.763. The summed E-state index contributed by atoms with van der Waals surface area (Å²) in [6.45, 7) is 2.65. The number of hydrogen-bond donors (Lipinski definition) is 1. The summed E-state index contributed by atoms with van der Waals surface area (Å²) in [4.78, 5) is 34.5. The van der Waals surface area contributed by atoms with Crippen molar-refractivity contribution in [3.63, 3.8) is 0 Å². The van der Waals surface area contributed by atoms with Crippen LogP contribution >= 0.6 is 0 Å². The standard InChI is InChI=1S/C22H20FN3O2/c1-14-5-2-3-8-17(14)22(28)26-10-9-19-18(13-26)21(27)25-20(24-19)12-15-6-4-7-16(23)11-15/h2-8,11H,9-10,12-13H2,1H3,(H,24,25,27). The fraction of sp³-hybridized carbons (Fsp3) is 0.227. The van der Waals surface area contributed by atoms with Crippen molar-refractivity contribution in [3.8, 4) is 0 Å². The molecule has 1 aliphatic heterocycles. The molecule has 1 amide bonds. The number of aromatic amines is 1. The summed E-state index contributed by atoms with van der Waals surface area (Å²) in [5.74, 6) is 0.114. The molecule has 2 heterocycles. The van der Waals surface area contributed by atoms with Gasteiger partial charge >= 0.3 is 0 Å². The third-order valence-electron chi connectivity index (χ3n) is 5.04. The van der Waals surface area contributed by atoms with Crippen molar-refractivity contribution in [3.05, 3.63) is 98.5 Å². The lowest BCUT2D eigenvalue weighted by Gasteiger charge is -2.28. The number of fused-ring (bicyclic) bond motifs is 1. The van der Waals surface area contributed by atoms with Crippen LogP contribution in [-0.2, 0) is 19.4 Å². The molecule has 4 rings (SSSR count). The van der Waals surface area contributed by atoms with Crippen LogP contribution in [0.25, 0.3) is 0 Å². The van der Waals surface area contributed by atoms with E-state index in [-0.39, 0.29) is 23.8 Å². The molecule has 2 aromatic carbocycles. The number of carbonyl (C=O) groups is 1. The number of halogens is 1. The highest BCUT2D eigenvalue weighted by Gasteiger charge is 2.26. The average Bonchev–Trinajstić information content (AvgIpc) is 2.68. The van der Waals surface area contributed by atoms with Crippen LogP contribution in [0.5, 0.6) is 0 Å². The maximum atomic E-state index is 13.4. The molecule has 0 spiro atoms. The minimum absolute atomic E-state index is 0.0769. The van der Waals surface area contributed by atoms with Crippen LogP contribution in [0.1, 0.15) is 38.6 Å². The maximum Gasteiger partial charge on any atom is 0.256 e. The van der Waals surface area contributed by atoms with Crippen LogP contribution < -0.4 is 5.56 Å². The van der Waals surface area contributed by atoms with E-state index < -0.39 is 0 Å². The molecule has 6 heteroatoms. The van der Waals surface area contributed by atoms with E-state index in [0.29, 0.717) is 42.0 Å². The summed E-state index contributed by atoms with van der Waals surface area (Å²) < 4.78 is 13.4. The van der Waals surface area contributed by atoms with E-state index in [9.17, 15) is 14.0 Å². The summed E-state index contributed by atoms with van der Waals surface area (Å²) in [5.41, 5.74) is 3.31. The van der Waals surface area contributed by atoms with Crippen LogP contribution in [0.3, 0.4) is 0 Å². The number of aryl methyl sites for hydroxylation is 1. The predicted octanol–water partition coefficient (Wildman–Crippen LogP) is 3.01. The Labute approximate surface area is 161 Å². The van der Waals surface area contributed by atoms with Gasteiger partial charge in [0.2, 0.25) is 0 Å². The maximum absolute atomic E-state index is 13.4. The summed E-state index contributed by atoms with van der Waals surface area (Å²) in [6, 6.07) is 13.7. The van der Waals surface area contributed by atoms with Gasteiger partial charge in [-0.2, -0.15) is 0 Å². The van der Waals surface area contributed by atoms with Crippen LogP contribution in [0, 0.1) is 12.7 Å². The lowest BCUT2D eigenvalue weighted by Crippen LogP contribution is -2.40. The number of rotatable bonds is 3. The van der Waals surface area contributed by atoms with E-state index >= 15 is 0 Å². The number of benzene rings is 2. The monoisotopic (exact) mass is 377 g/mol. The molecule has 0 atom stereocenters. The number of H-pyrrole nitrogens is 1. The van der Waals surface area contributed by atoms with Gasteiger partial charge < -0.3 is 9.88 Å². The highest BCUT2D eigenvalue weighted by atomic mass is 19.1. The number of carbonyl (C=O) groups excluding carboxylic acids is 1. The van der Waals surface area contributed by atoms with Crippen molar-refractivity contribution >= 4 is 5.91 Å². The molecule has 1 N–H and O–H groups in total. The zero-order chi connectivity index (χ0) is 19.7. The van der Waals surface area contributed by atoms with Gasteiger partial charge in [-0.15, -0.1) is 0 Å². The fourth-order valence-corrected chi connectivity index (χ4v) is 3.56. The number of amides is 1. The van der Waals surface area contributed by atoms with E-state index in [4.69, 9.17) is 0 Å². The average molecular weight is 377 g/mol. The molecule has 5 nitrogen and oxygen atoms in total. The largest absolute Gasteiger partial charge is 0.334 e. The van der Waals surface area contributed by atoms with Gasteiger partial charge in [0.25, 0.3) is 11.5 Å². The van der Waals surface area contributed by atoms with Gasteiger partial charge in [0.1, 0.15) is 11.6 Å². The molecule has 1 aliphatic rings. The Hall–Kier alpha value is -3.28. The van der Waals surface area contributed by atoms with Crippen molar-refractivity contribution < 1.29 is 9.18 Å². The molecule has 1 aromatic heterocycles. The fourth-order valence-electron chi connectivity index (χ4n) is 3.56. The number of nitrogens with zero attached hydrogens (tertiary/aromatic N) is 2. The van der Waals surface area contributed by atoms with Gasteiger partial charge in [0.05, 0.1) is 17.8 Å². The normalized spacial score (nSPS) is 13.3. The van der Waals surface area contributed by atoms with Crippen LogP contribution in [0.15, 0.2) is 53.3 Å². The van der Waals surface area contributed by atoms with Crippen LogP contribution in [0.2, 0.25) is 0 Å². The Bertz CT molecular complexity index is 1110. The molecular formula is C22H20FN3O2. The summed E-state index contributed by atoms with van der Waals surface area (Å²) in [5, 5.41) is 0. The second-order valence-corrected chi connectivity index (χ2v) is 7.04. The number of aromatic nitrogens is 2. The minimum atomic E-state index is -0.317. The van der Waals surface area contributed by atoms with E-state index in [1.165, 1.54) is 12.1 Å². The highest BCUT2D eigenvalue weighted by molar-refractivity contribution is 5.95. The summed E-state index contributed by atoms with van der Waals surface area (Å²) >= 11 is 0. The van der Waals surface area contributed by atoms with Gasteiger partial charge in [-0.25, -0.2) is 9.37 Å². The second kappa shape index (κ2) is 7.38. The molecule has 0 aliphatic carbocycles. The van der Waals surface area contributed by atoms with E-state index in [1.54, 1.807) is 23.1 Å². The molecular weight excluding hydrogens is 357 g/mol. The Kier molecular flexibility index (Phi) is 4.77. The van der Waals surface area contributed by atoms with Gasteiger partial charge in [0.15, 0.2) is 0 Å². The SMILES string of the molecule is Cc1ccccc1C(=O)N1CCc2nc(Cc3cccc(F)c3)[nH]c(=O)c2C1. The van der Waals surface area contributed by atoms with Crippen LogP contribution in [-0.4, -0.2) is 27.3 Å². The summed E-state index contributed by atoms with van der Waals surface area (Å²) in [7, 11) is 0. The van der Waals surface area contributed by atoms with E-state index in [1.807, 2.05) is 25.1 Å². The molecule has 0 fully saturated rings. The smallest absolute Gasteiger partial charge is 0.256 e. The zero-order valence-corrected chi connectivity index (χ0v) is 15.5. The van der Waals surface area contributed by atoms with E-state index in [0.717, 1.165) is 11.1 Å². The topological polar surface area (TPSA) is 66.1 Å². The lowest BCUT2D eigenvalue weighted by molar-refractivity contribution is 0.0731. The van der Waals surface area contributed by atoms with Gasteiger partial charge in [-0.3, -0.25) is 9.59 Å². The first-order chi connectivity index (χ1) is 13.5. The van der Waals surface area contributed by atoms with E-state index in [2.05, 4.69) is 9.97 Å². The minimum Gasteiger partial charge on any atom is -0.334 e. The predicted molar refractivity (Wildman–Crippen MR) is 104 cm³/mol. The Balaban J connectivity index is 1.57. The molecule has 0 bridgehead atoms. The van der Waals surface area contributed by atoms with Gasteiger partial charge in [-0.1, -0.05) is 30.3 Å². The Morgan fingerprint density at radius 3 is 2.82 bits per heavy atom. The second-order valence-electron chi connectivity index (χ2n) is 7.04. The molecule has 28 heavy (non-hydrogen) atoms. The molecule has 0 saturated heterocycles. The third-order valence-corrected chi connectivity index (χ3v) is 5.04. The number of hydrogen-bond acceptors (Lipinski definition) is 3. The van der Waals surface area contributed by atoms with Crippen molar-refractivity contribution in [2.75, 3.05) is 6.54 Å². The summed E-state index contributed by atoms with van der Waals surface area (Å²) in [6.07, 6.45) is 0.874. The Morgan fingerprint density at radius 2 is 2.04 bits per heavy atom. The van der Waals surface area contributed by atoms with Crippen molar-refractivity contribution in [1.82, 2.24) is 14.9 Å². The zero-order valence-electron chi connectivity index (χ0n) is 15.5. The first-order valence-corrected chi connectivity index (χ1v) is 9.21. The number of nitrogens with one attached hydrogen (secondary N) is 1. The lowest BCUT2D eigenvalue weighted by atomic mass is 10.0. The van der Waals surface area contributed by atoms with Gasteiger partial charge in [-0.05, 0) is 36.2 Å². The first-order valence-electron chi connectivity index (χ1n) is 9.21. The van der Waals surface area contributed by atoms with Crippen LogP contribution in [0.4, 0.5) is 4.39 Å². The molecule has 3 aromatic rings. The highest BCUT2D eigenvalue weighted by Crippen LogP contribution is 2.19. The van der Waals surface area contributed by atoms with Crippen molar-refractivity contribution in [1.29, 1.82) is 0 Å². The van der Waals surface area contributed by atoms with Gasteiger partial charge in [0, 0.05) is 24.9 Å². The first kappa shape index (κ1) is 18.1. The molecule has 0 saturated carbocycles. The molecule has 0 unspecified atom stereocenters. The molecule has 0 radical (unpaired) electrons. The Morgan fingerprint density at radius 1 is 1.21 bits per heavy atom. The third kappa shape index (κ3) is 3.58. The molecule has 142 valence electrons. The van der Waals surface area contributed by atoms with Crippen molar-refractivity contribution in [2.24, 2.45) is 0 Å².